The molecule has 3 nitrogen and oxygen atoms in total. The lowest BCUT2D eigenvalue weighted by Gasteiger charge is -2.26. The van der Waals surface area contributed by atoms with Crippen molar-refractivity contribution in [3.8, 4) is 0 Å². The number of hydrogen-bond donors (Lipinski definition) is 1. The van der Waals surface area contributed by atoms with Crippen LogP contribution >= 0.6 is 15.9 Å². The summed E-state index contributed by atoms with van der Waals surface area (Å²) in [4.78, 5) is 0. The van der Waals surface area contributed by atoms with Gasteiger partial charge >= 0.3 is 0 Å². The maximum atomic E-state index is 12.1. The van der Waals surface area contributed by atoms with E-state index in [1.165, 1.54) is 12.8 Å². The Morgan fingerprint density at radius 1 is 1.16 bits per heavy atom. The van der Waals surface area contributed by atoms with Gasteiger partial charge in [-0.05, 0) is 23.8 Å². The second-order valence-corrected chi connectivity index (χ2v) is 7.77. The van der Waals surface area contributed by atoms with E-state index in [1.807, 2.05) is 30.3 Å². The fraction of sp³-hybridized carbons (Fsp3) is 0.571. The van der Waals surface area contributed by atoms with Crippen molar-refractivity contribution < 1.29 is 8.42 Å². The first kappa shape index (κ1) is 15.0. The van der Waals surface area contributed by atoms with Gasteiger partial charge in [-0.2, -0.15) is 0 Å². The molecule has 2 rings (SSSR count). The SMILES string of the molecule is O=S(=O)(Cc1ccccc1)NCC1(CBr)CCCC1. The Morgan fingerprint density at radius 2 is 1.79 bits per heavy atom. The molecule has 1 aliphatic carbocycles. The molecule has 1 aromatic carbocycles. The van der Waals surface area contributed by atoms with Crippen molar-refractivity contribution in [2.75, 3.05) is 11.9 Å². The molecular formula is C14H20BrNO2S. The number of halogens is 1. The van der Waals surface area contributed by atoms with Gasteiger partial charge in [-0.1, -0.05) is 59.1 Å². The van der Waals surface area contributed by atoms with Gasteiger partial charge in [0.15, 0.2) is 0 Å². The summed E-state index contributed by atoms with van der Waals surface area (Å²) < 4.78 is 27.0. The first-order valence-corrected chi connectivity index (χ1v) is 9.40. The standard InChI is InChI=1S/C14H20BrNO2S/c15-11-14(8-4-5-9-14)12-16-19(17,18)10-13-6-2-1-3-7-13/h1-3,6-7,16H,4-5,8-12H2. The van der Waals surface area contributed by atoms with Crippen molar-refractivity contribution in [1.82, 2.24) is 4.72 Å². The fourth-order valence-electron chi connectivity index (χ4n) is 2.59. The van der Waals surface area contributed by atoms with Gasteiger partial charge in [-0.15, -0.1) is 0 Å². The topological polar surface area (TPSA) is 46.2 Å². The van der Waals surface area contributed by atoms with Gasteiger partial charge in [0.2, 0.25) is 10.0 Å². The van der Waals surface area contributed by atoms with Crippen LogP contribution < -0.4 is 4.72 Å². The Labute approximate surface area is 124 Å². The summed E-state index contributed by atoms with van der Waals surface area (Å²) in [6.07, 6.45) is 4.61. The van der Waals surface area contributed by atoms with Crippen LogP contribution in [0.4, 0.5) is 0 Å². The Bertz CT molecular complexity index is 495. The molecule has 0 radical (unpaired) electrons. The lowest BCUT2D eigenvalue weighted by Crippen LogP contribution is -2.37. The molecule has 0 atom stereocenters. The van der Waals surface area contributed by atoms with E-state index in [1.54, 1.807) is 0 Å². The molecule has 1 fully saturated rings. The Hall–Kier alpha value is -0.390. The lowest BCUT2D eigenvalue weighted by molar-refractivity contribution is 0.347. The minimum atomic E-state index is -3.24. The molecule has 5 heteroatoms. The first-order chi connectivity index (χ1) is 9.05. The number of rotatable bonds is 6. The Morgan fingerprint density at radius 3 is 2.37 bits per heavy atom. The Kier molecular flexibility index (Phi) is 5.03. The third-order valence-corrected chi connectivity index (χ3v) is 6.30. The summed E-state index contributed by atoms with van der Waals surface area (Å²) >= 11 is 3.53. The number of alkyl halides is 1. The van der Waals surface area contributed by atoms with Gasteiger partial charge in [0.25, 0.3) is 0 Å². The third-order valence-electron chi connectivity index (χ3n) is 3.81. The first-order valence-electron chi connectivity index (χ1n) is 6.63. The van der Waals surface area contributed by atoms with Gasteiger partial charge in [-0.3, -0.25) is 0 Å². The van der Waals surface area contributed by atoms with Crippen LogP contribution in [-0.2, 0) is 15.8 Å². The zero-order valence-electron chi connectivity index (χ0n) is 10.9. The zero-order chi connectivity index (χ0) is 13.8. The molecule has 19 heavy (non-hydrogen) atoms. The average molecular weight is 346 g/mol. The van der Waals surface area contributed by atoms with Crippen molar-refractivity contribution >= 4 is 26.0 Å². The average Bonchev–Trinajstić information content (AvgIpc) is 2.87. The molecule has 0 amide bonds. The number of sulfonamides is 1. The van der Waals surface area contributed by atoms with E-state index in [9.17, 15) is 8.42 Å². The van der Waals surface area contributed by atoms with Crippen LogP contribution in [0.15, 0.2) is 30.3 Å². The molecule has 0 saturated heterocycles. The summed E-state index contributed by atoms with van der Waals surface area (Å²) in [7, 11) is -3.24. The van der Waals surface area contributed by atoms with Crippen LogP contribution in [0.3, 0.4) is 0 Å². The lowest BCUT2D eigenvalue weighted by atomic mass is 9.89. The molecule has 1 aliphatic rings. The third kappa shape index (κ3) is 4.29. The molecule has 106 valence electrons. The smallest absolute Gasteiger partial charge is 0.214 e. The van der Waals surface area contributed by atoms with Gasteiger partial charge < -0.3 is 0 Å². The predicted octanol–water partition coefficient (Wildman–Crippen LogP) is 3.06. The highest BCUT2D eigenvalue weighted by atomic mass is 79.9. The summed E-state index contributed by atoms with van der Waals surface area (Å²) in [6, 6.07) is 9.30. The number of nitrogens with one attached hydrogen (secondary N) is 1. The van der Waals surface area contributed by atoms with Crippen LogP contribution in [0.2, 0.25) is 0 Å². The molecule has 0 unspecified atom stereocenters. The molecule has 0 heterocycles. The van der Waals surface area contributed by atoms with Crippen LogP contribution in [0, 0.1) is 5.41 Å². The van der Waals surface area contributed by atoms with E-state index < -0.39 is 10.0 Å². The van der Waals surface area contributed by atoms with Gasteiger partial charge in [0.05, 0.1) is 5.75 Å². The van der Waals surface area contributed by atoms with Crippen LogP contribution in [-0.4, -0.2) is 20.3 Å². The molecule has 0 bridgehead atoms. The van der Waals surface area contributed by atoms with Crippen molar-refractivity contribution in [3.63, 3.8) is 0 Å². The van der Waals surface area contributed by atoms with Crippen LogP contribution in [0.5, 0.6) is 0 Å². The van der Waals surface area contributed by atoms with Gasteiger partial charge in [-0.25, -0.2) is 13.1 Å². The molecule has 0 spiro atoms. The highest BCUT2D eigenvalue weighted by Gasteiger charge is 2.33. The second-order valence-electron chi connectivity index (χ2n) is 5.41. The summed E-state index contributed by atoms with van der Waals surface area (Å²) in [5.74, 6) is 0.0617. The van der Waals surface area contributed by atoms with Crippen molar-refractivity contribution in [2.45, 2.75) is 31.4 Å². The molecule has 1 saturated carbocycles. The number of benzene rings is 1. The minimum absolute atomic E-state index is 0.0617. The van der Waals surface area contributed by atoms with E-state index in [0.717, 1.165) is 23.7 Å². The highest BCUT2D eigenvalue weighted by Crippen LogP contribution is 2.39. The molecular weight excluding hydrogens is 326 g/mol. The molecule has 1 N–H and O–H groups in total. The van der Waals surface area contributed by atoms with Crippen LogP contribution in [0.25, 0.3) is 0 Å². The van der Waals surface area contributed by atoms with Crippen molar-refractivity contribution in [2.24, 2.45) is 5.41 Å². The predicted molar refractivity (Wildman–Crippen MR) is 81.8 cm³/mol. The summed E-state index contributed by atoms with van der Waals surface area (Å²) in [6.45, 7) is 0.549. The van der Waals surface area contributed by atoms with Gasteiger partial charge in [0.1, 0.15) is 0 Å². The second kappa shape index (κ2) is 6.37. The summed E-state index contributed by atoms with van der Waals surface area (Å²) in [5, 5.41) is 0.869. The fourth-order valence-corrected chi connectivity index (χ4v) is 4.61. The quantitative estimate of drug-likeness (QED) is 0.805. The zero-order valence-corrected chi connectivity index (χ0v) is 13.3. The largest absolute Gasteiger partial charge is 0.215 e. The van der Waals surface area contributed by atoms with E-state index in [-0.39, 0.29) is 11.2 Å². The monoisotopic (exact) mass is 345 g/mol. The maximum absolute atomic E-state index is 12.1. The number of hydrogen-bond acceptors (Lipinski definition) is 2. The summed E-state index contributed by atoms with van der Waals surface area (Å²) in [5.41, 5.74) is 0.943. The highest BCUT2D eigenvalue weighted by molar-refractivity contribution is 9.09. The normalized spacial score (nSPS) is 18.6. The van der Waals surface area contributed by atoms with Crippen molar-refractivity contribution in [1.29, 1.82) is 0 Å². The molecule has 0 aliphatic heterocycles. The van der Waals surface area contributed by atoms with E-state index in [0.29, 0.717) is 6.54 Å². The molecule has 0 aromatic heterocycles. The van der Waals surface area contributed by atoms with Crippen molar-refractivity contribution in [3.05, 3.63) is 35.9 Å². The van der Waals surface area contributed by atoms with E-state index in [4.69, 9.17) is 0 Å². The van der Waals surface area contributed by atoms with E-state index >= 15 is 0 Å². The van der Waals surface area contributed by atoms with Crippen LogP contribution in [0.1, 0.15) is 31.2 Å². The Balaban J connectivity index is 1.94. The van der Waals surface area contributed by atoms with E-state index in [2.05, 4.69) is 20.7 Å². The van der Waals surface area contributed by atoms with Gasteiger partial charge in [0, 0.05) is 11.9 Å². The minimum Gasteiger partial charge on any atom is -0.214 e. The molecule has 1 aromatic rings. The maximum Gasteiger partial charge on any atom is 0.215 e.